The van der Waals surface area contributed by atoms with Crippen LogP contribution in [-0.2, 0) is 6.54 Å². The summed E-state index contributed by atoms with van der Waals surface area (Å²) in [6, 6.07) is 13.9. The zero-order chi connectivity index (χ0) is 12.5. The van der Waals surface area contributed by atoms with Gasteiger partial charge in [0.05, 0.1) is 12.1 Å². The molecule has 0 amide bonds. The lowest BCUT2D eigenvalue weighted by Gasteiger charge is -2.20. The standard InChI is InChI=1S/C15H14FNO/c16-12-7-5-10(6-8-12)15(18)14-13-4-2-1-3-11(13)9-17-14/h1-8,14-15,17-18H,9H2. The van der Waals surface area contributed by atoms with E-state index in [0.717, 1.165) is 17.7 Å². The number of hydrogen-bond donors (Lipinski definition) is 2. The second-order valence-electron chi connectivity index (χ2n) is 4.55. The number of rotatable bonds is 2. The van der Waals surface area contributed by atoms with Gasteiger partial charge in [0.2, 0.25) is 0 Å². The number of hydrogen-bond acceptors (Lipinski definition) is 2. The molecule has 2 unspecified atom stereocenters. The Kier molecular flexibility index (Phi) is 2.86. The SMILES string of the molecule is OC(c1ccc(F)cc1)C1NCc2ccccc21. The van der Waals surface area contributed by atoms with E-state index in [0.29, 0.717) is 0 Å². The van der Waals surface area contributed by atoms with Crippen LogP contribution in [0, 0.1) is 5.82 Å². The molecule has 0 aliphatic carbocycles. The van der Waals surface area contributed by atoms with Gasteiger partial charge in [0.1, 0.15) is 5.82 Å². The van der Waals surface area contributed by atoms with Crippen LogP contribution in [0.1, 0.15) is 28.8 Å². The minimum atomic E-state index is -0.658. The Bertz CT molecular complexity index is 553. The normalized spacial score (nSPS) is 19.6. The Morgan fingerprint density at radius 1 is 1.11 bits per heavy atom. The maximum Gasteiger partial charge on any atom is 0.123 e. The van der Waals surface area contributed by atoms with Gasteiger partial charge in [0, 0.05) is 6.54 Å². The van der Waals surface area contributed by atoms with E-state index in [4.69, 9.17) is 0 Å². The lowest BCUT2D eigenvalue weighted by Crippen LogP contribution is -2.20. The summed E-state index contributed by atoms with van der Waals surface area (Å²) < 4.78 is 12.9. The summed E-state index contributed by atoms with van der Waals surface area (Å²) in [5.74, 6) is -0.286. The highest BCUT2D eigenvalue weighted by atomic mass is 19.1. The molecule has 92 valence electrons. The van der Waals surface area contributed by atoms with Crippen LogP contribution in [0.15, 0.2) is 48.5 Å². The van der Waals surface area contributed by atoms with Crippen molar-refractivity contribution < 1.29 is 9.50 Å². The second kappa shape index (κ2) is 4.52. The zero-order valence-corrected chi connectivity index (χ0v) is 9.81. The van der Waals surface area contributed by atoms with Gasteiger partial charge in [-0.25, -0.2) is 4.39 Å². The van der Waals surface area contributed by atoms with Crippen molar-refractivity contribution in [2.24, 2.45) is 0 Å². The number of nitrogens with one attached hydrogen (secondary N) is 1. The van der Waals surface area contributed by atoms with Crippen molar-refractivity contribution in [2.45, 2.75) is 18.7 Å². The van der Waals surface area contributed by atoms with E-state index in [2.05, 4.69) is 11.4 Å². The fraction of sp³-hybridized carbons (Fsp3) is 0.200. The molecule has 2 atom stereocenters. The Morgan fingerprint density at radius 3 is 2.61 bits per heavy atom. The quantitative estimate of drug-likeness (QED) is 0.850. The van der Waals surface area contributed by atoms with Gasteiger partial charge >= 0.3 is 0 Å². The number of aliphatic hydroxyl groups excluding tert-OH is 1. The highest BCUT2D eigenvalue weighted by Crippen LogP contribution is 2.34. The topological polar surface area (TPSA) is 32.3 Å². The highest BCUT2D eigenvalue weighted by molar-refractivity contribution is 5.36. The molecule has 0 saturated heterocycles. The lowest BCUT2D eigenvalue weighted by molar-refractivity contribution is 0.133. The fourth-order valence-corrected chi connectivity index (χ4v) is 2.46. The van der Waals surface area contributed by atoms with Crippen LogP contribution in [0.25, 0.3) is 0 Å². The molecule has 3 rings (SSSR count). The molecule has 0 spiro atoms. The van der Waals surface area contributed by atoms with Crippen molar-refractivity contribution in [1.29, 1.82) is 0 Å². The van der Waals surface area contributed by atoms with E-state index in [-0.39, 0.29) is 11.9 Å². The van der Waals surface area contributed by atoms with Gasteiger partial charge in [-0.3, -0.25) is 0 Å². The van der Waals surface area contributed by atoms with E-state index >= 15 is 0 Å². The summed E-state index contributed by atoms with van der Waals surface area (Å²) >= 11 is 0. The van der Waals surface area contributed by atoms with Crippen molar-refractivity contribution in [3.63, 3.8) is 0 Å². The van der Waals surface area contributed by atoms with Crippen molar-refractivity contribution in [3.8, 4) is 0 Å². The third-order valence-electron chi connectivity index (χ3n) is 3.43. The molecule has 0 bridgehead atoms. The monoisotopic (exact) mass is 243 g/mol. The molecule has 0 saturated carbocycles. The molecular weight excluding hydrogens is 229 g/mol. The molecule has 1 aliphatic rings. The number of aliphatic hydroxyl groups is 1. The van der Waals surface area contributed by atoms with Crippen LogP contribution < -0.4 is 5.32 Å². The molecule has 2 nitrogen and oxygen atoms in total. The summed E-state index contributed by atoms with van der Waals surface area (Å²) in [4.78, 5) is 0. The first-order valence-electron chi connectivity index (χ1n) is 6.00. The third kappa shape index (κ3) is 1.92. The maximum absolute atomic E-state index is 12.9. The van der Waals surface area contributed by atoms with Crippen LogP contribution in [0.2, 0.25) is 0 Å². The smallest absolute Gasteiger partial charge is 0.123 e. The Labute approximate surface area is 105 Å². The van der Waals surface area contributed by atoms with Gasteiger partial charge in [-0.2, -0.15) is 0 Å². The van der Waals surface area contributed by atoms with E-state index in [9.17, 15) is 9.50 Å². The first kappa shape index (κ1) is 11.4. The van der Waals surface area contributed by atoms with Crippen LogP contribution in [0.4, 0.5) is 4.39 Å². The maximum atomic E-state index is 12.9. The molecule has 2 aromatic rings. The van der Waals surface area contributed by atoms with Gasteiger partial charge in [-0.05, 0) is 28.8 Å². The second-order valence-corrected chi connectivity index (χ2v) is 4.55. The lowest BCUT2D eigenvalue weighted by atomic mass is 9.96. The summed E-state index contributed by atoms with van der Waals surface area (Å²) in [6.45, 7) is 0.763. The highest BCUT2D eigenvalue weighted by Gasteiger charge is 2.28. The first-order chi connectivity index (χ1) is 8.75. The summed E-state index contributed by atoms with van der Waals surface area (Å²) in [6.07, 6.45) is -0.658. The third-order valence-corrected chi connectivity index (χ3v) is 3.43. The zero-order valence-electron chi connectivity index (χ0n) is 9.81. The molecular formula is C15H14FNO. The molecule has 2 N–H and O–H groups in total. The van der Waals surface area contributed by atoms with Crippen LogP contribution >= 0.6 is 0 Å². The van der Waals surface area contributed by atoms with Gasteiger partial charge in [0.15, 0.2) is 0 Å². The van der Waals surface area contributed by atoms with Crippen molar-refractivity contribution >= 4 is 0 Å². The van der Waals surface area contributed by atoms with E-state index in [1.54, 1.807) is 12.1 Å². The molecule has 2 aromatic carbocycles. The van der Waals surface area contributed by atoms with Gasteiger partial charge in [0.25, 0.3) is 0 Å². The number of fused-ring (bicyclic) bond motifs is 1. The predicted molar refractivity (Wildman–Crippen MR) is 67.4 cm³/mol. The molecule has 0 aromatic heterocycles. The Balaban J connectivity index is 1.90. The number of halogens is 1. The van der Waals surface area contributed by atoms with Crippen LogP contribution in [-0.4, -0.2) is 5.11 Å². The van der Waals surface area contributed by atoms with E-state index < -0.39 is 6.10 Å². The van der Waals surface area contributed by atoms with Gasteiger partial charge in [-0.15, -0.1) is 0 Å². The predicted octanol–water partition coefficient (Wildman–Crippen LogP) is 2.70. The largest absolute Gasteiger partial charge is 0.386 e. The van der Waals surface area contributed by atoms with Crippen LogP contribution in [0.3, 0.4) is 0 Å². The van der Waals surface area contributed by atoms with Gasteiger partial charge < -0.3 is 10.4 Å². The summed E-state index contributed by atoms with van der Waals surface area (Å²) in [5, 5.41) is 13.7. The van der Waals surface area contributed by atoms with E-state index in [1.807, 2.05) is 18.2 Å². The fourth-order valence-electron chi connectivity index (χ4n) is 2.46. The van der Waals surface area contributed by atoms with Crippen molar-refractivity contribution in [3.05, 3.63) is 71.0 Å². The van der Waals surface area contributed by atoms with Crippen molar-refractivity contribution in [2.75, 3.05) is 0 Å². The molecule has 0 fully saturated rings. The molecule has 1 heterocycles. The Morgan fingerprint density at radius 2 is 1.83 bits per heavy atom. The van der Waals surface area contributed by atoms with E-state index in [1.165, 1.54) is 17.7 Å². The number of benzene rings is 2. The average molecular weight is 243 g/mol. The summed E-state index contributed by atoms with van der Waals surface area (Å²) in [7, 11) is 0. The minimum absolute atomic E-state index is 0.119. The molecule has 1 aliphatic heterocycles. The van der Waals surface area contributed by atoms with Gasteiger partial charge in [-0.1, -0.05) is 36.4 Å². The Hall–Kier alpha value is -1.71. The summed E-state index contributed by atoms with van der Waals surface area (Å²) in [5.41, 5.74) is 3.06. The first-order valence-corrected chi connectivity index (χ1v) is 6.00. The molecule has 0 radical (unpaired) electrons. The average Bonchev–Trinajstić information content (AvgIpc) is 2.82. The molecule has 3 heteroatoms. The molecule has 18 heavy (non-hydrogen) atoms. The van der Waals surface area contributed by atoms with Crippen molar-refractivity contribution in [1.82, 2.24) is 5.32 Å². The minimum Gasteiger partial charge on any atom is -0.386 e. The van der Waals surface area contributed by atoms with Crippen LogP contribution in [0.5, 0.6) is 0 Å².